The number of nitrogens with zero attached hydrogens (tertiary/aromatic N) is 2. The van der Waals surface area contributed by atoms with Crippen molar-refractivity contribution < 1.29 is 14.6 Å². The maximum Gasteiger partial charge on any atom is 0.407 e. The number of aromatic hydroxyl groups is 1. The number of pyridine rings is 1. The van der Waals surface area contributed by atoms with Gasteiger partial charge in [0.2, 0.25) is 5.88 Å². The van der Waals surface area contributed by atoms with Crippen LogP contribution in [0.25, 0.3) is 22.0 Å². The van der Waals surface area contributed by atoms with E-state index in [1.54, 1.807) is 35.9 Å². The van der Waals surface area contributed by atoms with Crippen LogP contribution in [0.2, 0.25) is 10.0 Å². The molecule has 154 valence electrons. The van der Waals surface area contributed by atoms with Gasteiger partial charge in [-0.3, -0.25) is 4.98 Å². The molecule has 0 radical (unpaired) electrons. The molecule has 1 aromatic carbocycles. The van der Waals surface area contributed by atoms with Gasteiger partial charge in [0, 0.05) is 52.7 Å². The lowest BCUT2D eigenvalue weighted by Crippen LogP contribution is -2.27. The molecule has 4 N–H and O–H groups in total. The van der Waals surface area contributed by atoms with E-state index >= 15 is 0 Å². The minimum absolute atomic E-state index is 0.0221. The van der Waals surface area contributed by atoms with E-state index in [1.165, 1.54) is 0 Å². The minimum Gasteiger partial charge on any atom is -0.494 e. The summed E-state index contributed by atoms with van der Waals surface area (Å²) in [5.41, 5.74) is 9.59. The average Bonchev–Trinajstić information content (AvgIpc) is 2.96. The van der Waals surface area contributed by atoms with Gasteiger partial charge in [-0.15, -0.1) is 0 Å². The summed E-state index contributed by atoms with van der Waals surface area (Å²) in [5.74, 6) is 0.0221. The maximum absolute atomic E-state index is 11.5. The fourth-order valence-electron chi connectivity index (χ4n) is 3.31. The highest BCUT2D eigenvalue weighted by Gasteiger charge is 2.21. The van der Waals surface area contributed by atoms with Crippen LogP contribution in [0.15, 0.2) is 24.4 Å². The molecule has 0 bridgehead atoms. The summed E-state index contributed by atoms with van der Waals surface area (Å²) in [5, 5.41) is 15.1. The first-order valence-electron chi connectivity index (χ1n) is 9.14. The highest BCUT2D eigenvalue weighted by atomic mass is 35.5. The van der Waals surface area contributed by atoms with Gasteiger partial charge in [0.15, 0.2) is 0 Å². The van der Waals surface area contributed by atoms with Crippen LogP contribution >= 0.6 is 23.2 Å². The fourth-order valence-corrected chi connectivity index (χ4v) is 3.81. The Kier molecular flexibility index (Phi) is 6.52. The zero-order chi connectivity index (χ0) is 21.1. The number of halogens is 2. The van der Waals surface area contributed by atoms with Crippen LogP contribution in [0.4, 0.5) is 4.79 Å². The summed E-state index contributed by atoms with van der Waals surface area (Å²) < 4.78 is 6.46. The molecule has 0 saturated heterocycles. The lowest BCUT2D eigenvalue weighted by Gasteiger charge is -2.14. The second kappa shape index (κ2) is 8.90. The number of hydrogen-bond donors (Lipinski definition) is 3. The van der Waals surface area contributed by atoms with Gasteiger partial charge in [0.1, 0.15) is 0 Å². The first-order chi connectivity index (χ1) is 13.9. The molecule has 2 heterocycles. The molecule has 0 saturated carbocycles. The van der Waals surface area contributed by atoms with Crippen molar-refractivity contribution in [1.82, 2.24) is 14.9 Å². The first-order valence-corrected chi connectivity index (χ1v) is 9.90. The van der Waals surface area contributed by atoms with Crippen molar-refractivity contribution in [2.24, 2.45) is 5.73 Å². The molecule has 7 nitrogen and oxygen atoms in total. The number of hydrogen-bond acceptors (Lipinski definition) is 5. The lowest BCUT2D eigenvalue weighted by atomic mass is 9.95. The predicted octanol–water partition coefficient (Wildman–Crippen LogP) is 4.23. The van der Waals surface area contributed by atoms with Crippen molar-refractivity contribution in [1.29, 1.82) is 0 Å². The second-order valence-electron chi connectivity index (χ2n) is 6.43. The van der Waals surface area contributed by atoms with Gasteiger partial charge < -0.3 is 25.5 Å². The molecule has 3 rings (SSSR count). The molecule has 2 aromatic heterocycles. The van der Waals surface area contributed by atoms with Gasteiger partial charge in [-0.1, -0.05) is 29.3 Å². The Labute approximate surface area is 178 Å². The zero-order valence-electron chi connectivity index (χ0n) is 16.1. The Bertz CT molecular complexity index is 1070. The number of ether oxygens (including phenoxy) is 1. The van der Waals surface area contributed by atoms with Crippen molar-refractivity contribution in [3.8, 4) is 17.0 Å². The van der Waals surface area contributed by atoms with E-state index < -0.39 is 6.09 Å². The number of aromatic nitrogens is 2. The first kappa shape index (κ1) is 21.2. The predicted molar refractivity (Wildman–Crippen MR) is 115 cm³/mol. The zero-order valence-corrected chi connectivity index (χ0v) is 17.6. The number of alkyl carbamates (subject to hydrolysis) is 1. The Morgan fingerprint density at radius 2 is 2.14 bits per heavy atom. The normalized spacial score (nSPS) is 11.1. The summed E-state index contributed by atoms with van der Waals surface area (Å²) >= 11 is 12.5. The average molecular weight is 437 g/mol. The number of nitrogens with one attached hydrogen (secondary N) is 1. The number of carbonyl (C=O) groups excluding carboxylic acids is 1. The van der Waals surface area contributed by atoms with E-state index in [9.17, 15) is 9.90 Å². The van der Waals surface area contributed by atoms with Gasteiger partial charge in [0.25, 0.3) is 0 Å². The van der Waals surface area contributed by atoms with E-state index in [0.29, 0.717) is 39.7 Å². The molecule has 0 fully saturated rings. The second-order valence-corrected chi connectivity index (χ2v) is 7.28. The number of rotatable bonds is 6. The van der Waals surface area contributed by atoms with Crippen LogP contribution in [-0.2, 0) is 17.8 Å². The molecule has 0 atom stereocenters. The Balaban J connectivity index is 2.09. The monoisotopic (exact) mass is 436 g/mol. The highest BCUT2D eigenvalue weighted by Crippen LogP contribution is 2.42. The van der Waals surface area contributed by atoms with E-state index in [0.717, 1.165) is 16.8 Å². The number of aryl methyl sites for hydroxylation is 1. The van der Waals surface area contributed by atoms with E-state index in [4.69, 9.17) is 33.7 Å². The molecule has 0 spiro atoms. The fraction of sp³-hybridized carbons (Fsp3) is 0.300. The number of nitrogens with two attached hydrogens (primary N) is 1. The Morgan fingerprint density at radius 3 is 2.79 bits per heavy atom. The van der Waals surface area contributed by atoms with Gasteiger partial charge >= 0.3 is 6.09 Å². The van der Waals surface area contributed by atoms with Crippen LogP contribution in [-0.4, -0.2) is 33.9 Å². The molecule has 9 heteroatoms. The van der Waals surface area contributed by atoms with Crippen molar-refractivity contribution in [2.45, 2.75) is 26.9 Å². The molecular weight excluding hydrogens is 415 g/mol. The molecule has 0 aliphatic heterocycles. The summed E-state index contributed by atoms with van der Waals surface area (Å²) in [6.07, 6.45) is 1.23. The molecule has 0 aliphatic rings. The Morgan fingerprint density at radius 1 is 1.38 bits per heavy atom. The quantitative estimate of drug-likeness (QED) is 0.536. The summed E-state index contributed by atoms with van der Waals surface area (Å²) in [4.78, 5) is 16.1. The molecule has 3 aromatic rings. The molecule has 0 aliphatic carbocycles. The number of fused-ring (bicyclic) bond motifs is 1. The van der Waals surface area contributed by atoms with Crippen LogP contribution in [0.3, 0.4) is 0 Å². The molecule has 29 heavy (non-hydrogen) atoms. The van der Waals surface area contributed by atoms with Gasteiger partial charge in [-0.05, 0) is 31.5 Å². The van der Waals surface area contributed by atoms with E-state index in [2.05, 4.69) is 10.3 Å². The van der Waals surface area contributed by atoms with E-state index in [1.807, 2.05) is 6.92 Å². The minimum atomic E-state index is -0.503. The third-order valence-corrected chi connectivity index (χ3v) is 5.16. The standard InChI is InChI=1S/C20H22Cl2N4O3/c1-3-29-20(28)24-6-7-26-10-16-18(19(26)27)17(14(9-23)11(2)25-16)13-5-4-12(21)8-15(13)22/h4-5,8,10,27H,3,6-7,9,23H2,1-2H3,(H,24,28). The molecule has 0 unspecified atom stereocenters. The SMILES string of the molecule is CCOC(=O)NCCn1cc2nc(C)c(CN)c(-c3ccc(Cl)cc3Cl)c2c1O. The van der Waals surface area contributed by atoms with Crippen LogP contribution in [0, 0.1) is 6.92 Å². The number of carbonyl (C=O) groups is 1. The number of amides is 1. The van der Waals surface area contributed by atoms with Crippen molar-refractivity contribution >= 4 is 40.2 Å². The van der Waals surface area contributed by atoms with Crippen molar-refractivity contribution in [2.75, 3.05) is 13.2 Å². The van der Waals surface area contributed by atoms with E-state index in [-0.39, 0.29) is 19.0 Å². The smallest absolute Gasteiger partial charge is 0.407 e. The largest absolute Gasteiger partial charge is 0.494 e. The van der Waals surface area contributed by atoms with Crippen LogP contribution < -0.4 is 11.1 Å². The summed E-state index contributed by atoms with van der Waals surface area (Å²) in [6.45, 7) is 4.75. The third kappa shape index (κ3) is 4.27. The summed E-state index contributed by atoms with van der Waals surface area (Å²) in [7, 11) is 0. The lowest BCUT2D eigenvalue weighted by molar-refractivity contribution is 0.151. The molecule has 1 amide bonds. The van der Waals surface area contributed by atoms with Gasteiger partial charge in [-0.2, -0.15) is 0 Å². The van der Waals surface area contributed by atoms with Gasteiger partial charge in [0.05, 0.1) is 17.5 Å². The van der Waals surface area contributed by atoms with Crippen molar-refractivity contribution in [3.63, 3.8) is 0 Å². The number of benzene rings is 1. The van der Waals surface area contributed by atoms with Crippen molar-refractivity contribution in [3.05, 3.63) is 45.7 Å². The maximum atomic E-state index is 11.5. The third-order valence-electron chi connectivity index (χ3n) is 4.61. The molecular formula is C20H22Cl2N4O3. The Hall–Kier alpha value is -2.48. The highest BCUT2D eigenvalue weighted by molar-refractivity contribution is 6.36. The summed E-state index contributed by atoms with van der Waals surface area (Å²) in [6, 6.07) is 5.19. The van der Waals surface area contributed by atoms with Gasteiger partial charge in [-0.25, -0.2) is 4.79 Å². The van der Waals surface area contributed by atoms with Crippen LogP contribution in [0.5, 0.6) is 5.88 Å². The topological polar surface area (TPSA) is 102 Å². The van der Waals surface area contributed by atoms with Crippen LogP contribution in [0.1, 0.15) is 18.2 Å².